The van der Waals surface area contributed by atoms with E-state index in [1.807, 2.05) is 0 Å². The van der Waals surface area contributed by atoms with Crippen molar-refractivity contribution in [3.8, 4) is 0 Å². The van der Waals surface area contributed by atoms with Gasteiger partial charge in [-0.2, -0.15) is 0 Å². The zero-order valence-corrected chi connectivity index (χ0v) is 5.81. The van der Waals surface area contributed by atoms with E-state index in [1.165, 1.54) is 6.42 Å². The van der Waals surface area contributed by atoms with Gasteiger partial charge in [-0.05, 0) is 6.42 Å². The van der Waals surface area contributed by atoms with E-state index in [4.69, 9.17) is 4.74 Å². The molecule has 1 aliphatic heterocycles. The van der Waals surface area contributed by atoms with Gasteiger partial charge in [0.15, 0.2) is 0 Å². The summed E-state index contributed by atoms with van der Waals surface area (Å²) in [5.74, 6) is 0. The lowest BCUT2D eigenvalue weighted by atomic mass is 10.5. The molecule has 0 aliphatic carbocycles. The highest BCUT2D eigenvalue weighted by Gasteiger charge is 2.20. The van der Waals surface area contributed by atoms with Gasteiger partial charge in [0.1, 0.15) is 0 Å². The fraction of sp³-hybridized carbons (Fsp3) is 1.00. The first-order valence-corrected chi connectivity index (χ1v) is 3.51. The molecule has 0 spiro atoms. The Kier molecular flexibility index (Phi) is 2.97. The van der Waals surface area contributed by atoms with Crippen LogP contribution in [0.25, 0.3) is 0 Å². The normalized spacial score (nSPS) is 24.3. The summed E-state index contributed by atoms with van der Waals surface area (Å²) in [6, 6.07) is 0. The van der Waals surface area contributed by atoms with Gasteiger partial charge in [0, 0.05) is 13.1 Å². The van der Waals surface area contributed by atoms with Crippen molar-refractivity contribution in [3.63, 3.8) is 0 Å². The second kappa shape index (κ2) is 3.82. The molecule has 1 aliphatic rings. The molecule has 1 saturated heterocycles. The number of hydrogen-bond acceptors (Lipinski definition) is 3. The van der Waals surface area contributed by atoms with Crippen molar-refractivity contribution in [2.75, 3.05) is 19.7 Å². The maximum absolute atomic E-state index is 4.99. The first kappa shape index (κ1) is 6.99. The number of hydrogen-bond donors (Lipinski definition) is 2. The van der Waals surface area contributed by atoms with E-state index >= 15 is 0 Å². The van der Waals surface area contributed by atoms with Gasteiger partial charge >= 0.3 is 0 Å². The van der Waals surface area contributed by atoms with Crippen LogP contribution in [-0.4, -0.2) is 25.8 Å². The van der Waals surface area contributed by atoms with E-state index in [9.17, 15) is 0 Å². The molecule has 1 heterocycles. The summed E-state index contributed by atoms with van der Waals surface area (Å²) in [5.41, 5.74) is 6.15. The van der Waals surface area contributed by atoms with E-state index in [0.717, 1.165) is 19.7 Å². The second-order valence-corrected chi connectivity index (χ2v) is 2.26. The molecule has 1 atom stereocenters. The lowest BCUT2D eigenvalue weighted by molar-refractivity contribution is 0.382. The first-order valence-electron chi connectivity index (χ1n) is 3.51. The molecular formula is C6H14N2O. The van der Waals surface area contributed by atoms with E-state index in [0.29, 0.717) is 6.10 Å². The van der Waals surface area contributed by atoms with Crippen molar-refractivity contribution in [3.05, 3.63) is 0 Å². The third-order valence-electron chi connectivity index (χ3n) is 1.23. The quantitative estimate of drug-likeness (QED) is 0.310. The van der Waals surface area contributed by atoms with Gasteiger partial charge in [0.05, 0.1) is 12.7 Å². The molecule has 9 heavy (non-hydrogen) atoms. The van der Waals surface area contributed by atoms with Gasteiger partial charge in [-0.1, -0.05) is 6.92 Å². The zero-order chi connectivity index (χ0) is 6.53. The van der Waals surface area contributed by atoms with Crippen LogP contribution in [0, 0.1) is 0 Å². The van der Waals surface area contributed by atoms with Crippen LogP contribution >= 0.6 is 0 Å². The summed E-state index contributed by atoms with van der Waals surface area (Å²) >= 11 is 0. The third kappa shape index (κ3) is 3.46. The highest BCUT2D eigenvalue weighted by Crippen LogP contribution is 2.05. The smallest absolute Gasteiger partial charge is 0.0947 e. The molecule has 1 fully saturated rings. The van der Waals surface area contributed by atoms with Crippen molar-refractivity contribution in [2.45, 2.75) is 19.4 Å². The van der Waals surface area contributed by atoms with Crippen LogP contribution < -0.4 is 10.9 Å². The fourth-order valence-electron chi connectivity index (χ4n) is 0.585. The van der Waals surface area contributed by atoms with E-state index in [1.54, 1.807) is 0 Å². The molecule has 0 aromatic carbocycles. The summed E-state index contributed by atoms with van der Waals surface area (Å²) in [5, 5.41) is 0. The Balaban J connectivity index is 1.71. The average Bonchev–Trinajstić information content (AvgIpc) is 2.63. The Hall–Kier alpha value is -0.120. The summed E-state index contributed by atoms with van der Waals surface area (Å²) in [7, 11) is 0. The maximum Gasteiger partial charge on any atom is 0.0947 e. The molecule has 1 unspecified atom stereocenters. The lowest BCUT2D eigenvalue weighted by Gasteiger charge is -2.01. The molecule has 0 bridgehead atoms. The predicted molar refractivity (Wildman–Crippen MR) is 36.0 cm³/mol. The molecule has 1 rings (SSSR count). The van der Waals surface area contributed by atoms with Crippen LogP contribution in [0.15, 0.2) is 0 Å². The maximum atomic E-state index is 4.99. The molecule has 2 N–H and O–H groups in total. The van der Waals surface area contributed by atoms with Crippen LogP contribution in [-0.2, 0) is 4.74 Å². The topological polar surface area (TPSA) is 36.6 Å². The predicted octanol–water partition coefficient (Wildman–Crippen LogP) is -0.111. The van der Waals surface area contributed by atoms with Crippen LogP contribution in [0.2, 0.25) is 0 Å². The van der Waals surface area contributed by atoms with Crippen molar-refractivity contribution >= 4 is 0 Å². The van der Waals surface area contributed by atoms with Crippen molar-refractivity contribution in [1.29, 1.82) is 0 Å². The van der Waals surface area contributed by atoms with Crippen LogP contribution in [0.5, 0.6) is 0 Å². The largest absolute Gasteiger partial charge is 0.372 e. The number of nitrogens with one attached hydrogen (secondary N) is 2. The Morgan fingerprint density at radius 2 is 2.33 bits per heavy atom. The van der Waals surface area contributed by atoms with Crippen LogP contribution in [0.1, 0.15) is 13.3 Å². The summed E-state index contributed by atoms with van der Waals surface area (Å²) in [6.45, 7) is 5.05. The van der Waals surface area contributed by atoms with Crippen molar-refractivity contribution in [1.82, 2.24) is 10.9 Å². The van der Waals surface area contributed by atoms with Gasteiger partial charge in [0.2, 0.25) is 0 Å². The lowest BCUT2D eigenvalue weighted by Crippen LogP contribution is -2.35. The molecular weight excluding hydrogens is 116 g/mol. The fourth-order valence-corrected chi connectivity index (χ4v) is 0.585. The van der Waals surface area contributed by atoms with Gasteiger partial charge in [0.25, 0.3) is 0 Å². The molecule has 0 aromatic rings. The van der Waals surface area contributed by atoms with Gasteiger partial charge in [-0.15, -0.1) is 0 Å². The highest BCUT2D eigenvalue weighted by molar-refractivity contribution is 4.69. The third-order valence-corrected chi connectivity index (χ3v) is 1.23. The molecule has 0 radical (unpaired) electrons. The SMILES string of the molecule is CCCNNCC1CO1. The zero-order valence-electron chi connectivity index (χ0n) is 5.81. The standard InChI is InChI=1S/C6H14N2O/c1-2-3-7-8-4-6-5-9-6/h6-8H,2-5H2,1H3. The number of ether oxygens (including phenoxy) is 1. The number of epoxide rings is 1. The van der Waals surface area contributed by atoms with Crippen LogP contribution in [0.4, 0.5) is 0 Å². The van der Waals surface area contributed by atoms with Gasteiger partial charge in [-0.25, -0.2) is 0 Å². The van der Waals surface area contributed by atoms with E-state index < -0.39 is 0 Å². The van der Waals surface area contributed by atoms with E-state index in [2.05, 4.69) is 17.8 Å². The summed E-state index contributed by atoms with van der Waals surface area (Å²) in [4.78, 5) is 0. The second-order valence-electron chi connectivity index (χ2n) is 2.26. The van der Waals surface area contributed by atoms with Gasteiger partial charge < -0.3 is 4.74 Å². The van der Waals surface area contributed by atoms with Crippen LogP contribution in [0.3, 0.4) is 0 Å². The monoisotopic (exact) mass is 130 g/mol. The molecule has 3 heteroatoms. The molecule has 54 valence electrons. The number of hydrazine groups is 1. The average molecular weight is 130 g/mol. The Morgan fingerprint density at radius 3 is 2.89 bits per heavy atom. The number of rotatable bonds is 5. The minimum atomic E-state index is 0.481. The Morgan fingerprint density at radius 1 is 1.56 bits per heavy atom. The first-order chi connectivity index (χ1) is 4.43. The molecule has 0 amide bonds. The van der Waals surface area contributed by atoms with Crippen molar-refractivity contribution < 1.29 is 4.74 Å². The summed E-state index contributed by atoms with van der Waals surface area (Å²) < 4.78 is 4.99. The Labute approximate surface area is 55.7 Å². The Bertz CT molecular complexity index is 73.5. The van der Waals surface area contributed by atoms with Crippen molar-refractivity contribution in [2.24, 2.45) is 0 Å². The summed E-state index contributed by atoms with van der Waals surface area (Å²) in [6.07, 6.45) is 1.65. The minimum absolute atomic E-state index is 0.481. The minimum Gasteiger partial charge on any atom is -0.372 e. The highest BCUT2D eigenvalue weighted by atomic mass is 16.6. The molecule has 0 saturated carbocycles. The molecule has 3 nitrogen and oxygen atoms in total. The molecule has 0 aromatic heterocycles. The van der Waals surface area contributed by atoms with Gasteiger partial charge in [-0.3, -0.25) is 10.9 Å². The van der Waals surface area contributed by atoms with E-state index in [-0.39, 0.29) is 0 Å².